The van der Waals surface area contributed by atoms with E-state index >= 15 is 0 Å². The van der Waals surface area contributed by atoms with Crippen molar-refractivity contribution in [2.24, 2.45) is 23.5 Å². The van der Waals surface area contributed by atoms with Crippen molar-refractivity contribution in [1.29, 1.82) is 5.26 Å². The zero-order chi connectivity index (χ0) is 10.2. The maximum atomic E-state index is 10.5. The first-order valence-electron chi connectivity index (χ1n) is 3.61. The normalized spacial score (nSPS) is 33.1. The summed E-state index contributed by atoms with van der Waals surface area (Å²) in [7, 11) is 0. The Morgan fingerprint density at radius 3 is 2.23 bits per heavy atom. The molecule has 1 fully saturated rings. The van der Waals surface area contributed by atoms with E-state index < -0.39 is 35.7 Å². The van der Waals surface area contributed by atoms with Gasteiger partial charge in [-0.15, -0.1) is 0 Å². The minimum Gasteiger partial charge on any atom is -0.481 e. The van der Waals surface area contributed by atoms with Gasteiger partial charge in [0.1, 0.15) is 6.04 Å². The van der Waals surface area contributed by atoms with Crippen LogP contribution >= 0.6 is 0 Å². The number of nitrogens with two attached hydrogens (primary N) is 1. The Balaban J connectivity index is 2.70. The number of carboxylic acids is 2. The molecule has 4 atom stereocenters. The SMILES string of the molecule is N#C[C@H]1[C@H](C(=O)O)[C@H]1C(N)C(=O)O. The van der Waals surface area contributed by atoms with Crippen LogP contribution in [0.25, 0.3) is 0 Å². The summed E-state index contributed by atoms with van der Waals surface area (Å²) in [6.07, 6.45) is 0. The highest BCUT2D eigenvalue weighted by atomic mass is 16.4. The number of nitriles is 1. The monoisotopic (exact) mass is 184 g/mol. The summed E-state index contributed by atoms with van der Waals surface area (Å²) in [6, 6.07) is 0.473. The number of carboxylic acid groups (broad SMARTS) is 2. The van der Waals surface area contributed by atoms with Crippen LogP contribution in [0.4, 0.5) is 0 Å². The molecule has 0 aromatic heterocycles. The first-order valence-corrected chi connectivity index (χ1v) is 3.61. The third-order valence-electron chi connectivity index (χ3n) is 2.21. The van der Waals surface area contributed by atoms with E-state index in [1.165, 1.54) is 0 Å². The molecule has 13 heavy (non-hydrogen) atoms. The van der Waals surface area contributed by atoms with Crippen molar-refractivity contribution in [3.63, 3.8) is 0 Å². The van der Waals surface area contributed by atoms with Gasteiger partial charge in [-0.3, -0.25) is 9.59 Å². The fourth-order valence-electron chi connectivity index (χ4n) is 1.43. The van der Waals surface area contributed by atoms with Crippen LogP contribution in [-0.2, 0) is 9.59 Å². The Hall–Kier alpha value is -1.61. The number of hydrogen-bond donors (Lipinski definition) is 3. The van der Waals surface area contributed by atoms with Crippen LogP contribution in [0, 0.1) is 29.1 Å². The molecule has 0 bridgehead atoms. The van der Waals surface area contributed by atoms with E-state index in [9.17, 15) is 9.59 Å². The smallest absolute Gasteiger partial charge is 0.320 e. The average molecular weight is 184 g/mol. The van der Waals surface area contributed by atoms with E-state index in [0.29, 0.717) is 0 Å². The van der Waals surface area contributed by atoms with E-state index in [0.717, 1.165) is 0 Å². The van der Waals surface area contributed by atoms with Crippen molar-refractivity contribution in [1.82, 2.24) is 0 Å². The molecule has 0 aromatic carbocycles. The van der Waals surface area contributed by atoms with Gasteiger partial charge in [0.2, 0.25) is 0 Å². The molecule has 0 spiro atoms. The lowest BCUT2D eigenvalue weighted by Gasteiger charge is -2.02. The fourth-order valence-corrected chi connectivity index (χ4v) is 1.43. The summed E-state index contributed by atoms with van der Waals surface area (Å²) in [5, 5.41) is 25.5. The highest BCUT2D eigenvalue weighted by Crippen LogP contribution is 2.47. The van der Waals surface area contributed by atoms with Crippen LogP contribution in [0.1, 0.15) is 0 Å². The number of hydrogen-bond acceptors (Lipinski definition) is 4. The lowest BCUT2D eigenvalue weighted by molar-refractivity contribution is -0.140. The van der Waals surface area contributed by atoms with E-state index in [1.807, 2.05) is 0 Å². The molecule has 0 heterocycles. The summed E-state index contributed by atoms with van der Waals surface area (Å²) in [5.41, 5.74) is 5.20. The quantitative estimate of drug-likeness (QED) is 0.509. The predicted octanol–water partition coefficient (Wildman–Crippen LogP) is -1.13. The predicted molar refractivity (Wildman–Crippen MR) is 39.3 cm³/mol. The lowest BCUT2D eigenvalue weighted by atomic mass is 10.1. The molecule has 1 aliphatic carbocycles. The second kappa shape index (κ2) is 3.03. The molecule has 0 aromatic rings. The van der Waals surface area contributed by atoms with Gasteiger partial charge in [0.15, 0.2) is 0 Å². The van der Waals surface area contributed by atoms with Crippen molar-refractivity contribution >= 4 is 11.9 Å². The lowest BCUT2D eigenvalue weighted by Crippen LogP contribution is -2.34. The van der Waals surface area contributed by atoms with Crippen LogP contribution < -0.4 is 5.73 Å². The Morgan fingerprint density at radius 2 is 2.00 bits per heavy atom. The minimum absolute atomic E-state index is 0.750. The fraction of sp³-hybridized carbons (Fsp3) is 0.571. The van der Waals surface area contributed by atoms with Gasteiger partial charge in [0.25, 0.3) is 0 Å². The van der Waals surface area contributed by atoms with Gasteiger partial charge >= 0.3 is 11.9 Å². The van der Waals surface area contributed by atoms with Gasteiger partial charge in [-0.25, -0.2) is 0 Å². The standard InChI is InChI=1S/C7H8N2O4/c8-1-2-3(4(2)6(10)11)5(9)7(12)13/h2-5H,9H2,(H,10,11)(H,12,13)/t2-,3+,4+,5?/m1/s1. The second-order valence-electron chi connectivity index (χ2n) is 2.96. The Bertz CT molecular complexity index is 295. The van der Waals surface area contributed by atoms with E-state index in [4.69, 9.17) is 21.2 Å². The minimum atomic E-state index is -1.27. The summed E-state index contributed by atoms with van der Waals surface area (Å²) < 4.78 is 0. The van der Waals surface area contributed by atoms with Gasteiger partial charge in [0.05, 0.1) is 17.9 Å². The maximum Gasteiger partial charge on any atom is 0.320 e. The van der Waals surface area contributed by atoms with E-state index in [-0.39, 0.29) is 0 Å². The molecule has 6 heteroatoms. The van der Waals surface area contributed by atoms with E-state index in [1.54, 1.807) is 6.07 Å². The molecule has 6 nitrogen and oxygen atoms in total. The number of rotatable bonds is 3. The van der Waals surface area contributed by atoms with Crippen molar-refractivity contribution in [2.45, 2.75) is 6.04 Å². The highest BCUT2D eigenvalue weighted by molar-refractivity contribution is 5.80. The van der Waals surface area contributed by atoms with E-state index in [2.05, 4.69) is 0 Å². The Labute approximate surface area is 73.6 Å². The third kappa shape index (κ3) is 1.46. The molecule has 0 saturated heterocycles. The average Bonchev–Trinajstić information content (AvgIpc) is 2.76. The zero-order valence-corrected chi connectivity index (χ0v) is 6.54. The molecule has 1 unspecified atom stereocenters. The molecule has 1 aliphatic rings. The van der Waals surface area contributed by atoms with Crippen molar-refractivity contribution in [2.75, 3.05) is 0 Å². The van der Waals surface area contributed by atoms with Gasteiger partial charge < -0.3 is 15.9 Å². The first-order chi connectivity index (χ1) is 6.00. The molecule has 0 amide bonds. The molecule has 0 radical (unpaired) electrons. The topological polar surface area (TPSA) is 124 Å². The van der Waals surface area contributed by atoms with Crippen LogP contribution in [-0.4, -0.2) is 28.2 Å². The van der Waals surface area contributed by atoms with Crippen molar-refractivity contribution in [3.05, 3.63) is 0 Å². The summed E-state index contributed by atoms with van der Waals surface area (Å²) in [4.78, 5) is 20.9. The second-order valence-corrected chi connectivity index (χ2v) is 2.96. The molecule has 0 aliphatic heterocycles. The van der Waals surface area contributed by atoms with Crippen molar-refractivity contribution < 1.29 is 19.8 Å². The van der Waals surface area contributed by atoms with Gasteiger partial charge in [-0.05, 0) is 0 Å². The summed E-state index contributed by atoms with van der Waals surface area (Å²) in [5.74, 6) is -4.86. The third-order valence-corrected chi connectivity index (χ3v) is 2.21. The summed E-state index contributed by atoms with van der Waals surface area (Å²) >= 11 is 0. The van der Waals surface area contributed by atoms with Crippen LogP contribution in [0.3, 0.4) is 0 Å². The van der Waals surface area contributed by atoms with Crippen LogP contribution in [0.15, 0.2) is 0 Å². The molecule has 4 N–H and O–H groups in total. The highest BCUT2D eigenvalue weighted by Gasteiger charge is 2.60. The van der Waals surface area contributed by atoms with Gasteiger partial charge in [-0.1, -0.05) is 0 Å². The zero-order valence-electron chi connectivity index (χ0n) is 6.54. The Kier molecular flexibility index (Phi) is 2.21. The number of carbonyl (C=O) groups is 2. The summed E-state index contributed by atoms with van der Waals surface area (Å²) in [6.45, 7) is 0. The Morgan fingerprint density at radius 1 is 1.46 bits per heavy atom. The number of aliphatic carboxylic acids is 2. The first kappa shape index (κ1) is 9.48. The van der Waals surface area contributed by atoms with Crippen LogP contribution in [0.2, 0.25) is 0 Å². The molecular formula is C7H8N2O4. The van der Waals surface area contributed by atoms with Gasteiger partial charge in [0, 0.05) is 5.92 Å². The maximum absolute atomic E-state index is 10.5. The molecule has 1 rings (SSSR count). The molecular weight excluding hydrogens is 176 g/mol. The molecule has 1 saturated carbocycles. The van der Waals surface area contributed by atoms with Gasteiger partial charge in [-0.2, -0.15) is 5.26 Å². The number of nitrogens with zero attached hydrogens (tertiary/aromatic N) is 1. The molecule has 70 valence electrons. The largest absolute Gasteiger partial charge is 0.481 e. The van der Waals surface area contributed by atoms with Crippen molar-refractivity contribution in [3.8, 4) is 6.07 Å². The van der Waals surface area contributed by atoms with Crippen LogP contribution in [0.5, 0.6) is 0 Å².